The minimum atomic E-state index is -0.390. The Hall–Kier alpha value is -1.45. The molecule has 0 aliphatic rings. The number of methoxy groups -OCH3 is 1. The van der Waals surface area contributed by atoms with Crippen LogP contribution in [0.1, 0.15) is 11.1 Å². The average Bonchev–Trinajstić information content (AvgIpc) is 2.46. The molecule has 0 spiro atoms. The SMILES string of the molecule is COc1ccc(OCc2ccc(Cl)cc2F)c(CCl)c1. The van der Waals surface area contributed by atoms with E-state index in [1.54, 1.807) is 37.4 Å². The predicted molar refractivity (Wildman–Crippen MR) is 78.3 cm³/mol. The first kappa shape index (κ1) is 14.9. The number of benzene rings is 2. The smallest absolute Gasteiger partial charge is 0.131 e. The van der Waals surface area contributed by atoms with Crippen LogP contribution in [-0.2, 0) is 12.5 Å². The maximum absolute atomic E-state index is 13.6. The van der Waals surface area contributed by atoms with E-state index in [2.05, 4.69) is 0 Å². The van der Waals surface area contributed by atoms with Gasteiger partial charge in [-0.3, -0.25) is 0 Å². The van der Waals surface area contributed by atoms with Crippen LogP contribution in [0.5, 0.6) is 11.5 Å². The third kappa shape index (κ3) is 3.56. The van der Waals surface area contributed by atoms with Crippen molar-refractivity contribution in [3.63, 3.8) is 0 Å². The molecule has 0 amide bonds. The number of rotatable bonds is 5. The summed E-state index contributed by atoms with van der Waals surface area (Å²) in [5.74, 6) is 1.20. The molecular weight excluding hydrogens is 302 g/mol. The second-order valence-electron chi connectivity index (χ2n) is 4.13. The first-order valence-electron chi connectivity index (χ1n) is 5.93. The molecule has 0 fully saturated rings. The summed E-state index contributed by atoms with van der Waals surface area (Å²) in [5, 5.41) is 0.358. The Morgan fingerprint density at radius 2 is 1.90 bits per heavy atom. The lowest BCUT2D eigenvalue weighted by Gasteiger charge is -2.12. The van der Waals surface area contributed by atoms with Crippen LogP contribution in [0.2, 0.25) is 5.02 Å². The monoisotopic (exact) mass is 314 g/mol. The zero-order valence-electron chi connectivity index (χ0n) is 10.8. The van der Waals surface area contributed by atoms with Crippen molar-refractivity contribution in [2.45, 2.75) is 12.5 Å². The molecule has 0 atom stereocenters. The quantitative estimate of drug-likeness (QED) is 0.738. The van der Waals surface area contributed by atoms with Crippen LogP contribution in [0.3, 0.4) is 0 Å². The number of ether oxygens (including phenoxy) is 2. The molecule has 2 nitrogen and oxygen atoms in total. The van der Waals surface area contributed by atoms with Gasteiger partial charge in [0.1, 0.15) is 23.9 Å². The van der Waals surface area contributed by atoms with E-state index in [9.17, 15) is 4.39 Å². The highest BCUT2D eigenvalue weighted by Gasteiger charge is 2.08. The summed E-state index contributed by atoms with van der Waals surface area (Å²) in [5.41, 5.74) is 1.23. The molecule has 2 aromatic rings. The van der Waals surface area contributed by atoms with Crippen molar-refractivity contribution in [1.29, 1.82) is 0 Å². The van der Waals surface area contributed by atoms with Gasteiger partial charge >= 0.3 is 0 Å². The van der Waals surface area contributed by atoms with E-state index in [0.717, 1.165) is 5.56 Å². The number of halogens is 3. The van der Waals surface area contributed by atoms with Gasteiger partial charge in [-0.05, 0) is 30.3 Å². The highest BCUT2D eigenvalue weighted by atomic mass is 35.5. The molecule has 2 rings (SSSR count). The maximum Gasteiger partial charge on any atom is 0.131 e. The molecule has 2 aromatic carbocycles. The fourth-order valence-corrected chi connectivity index (χ4v) is 2.09. The van der Waals surface area contributed by atoms with Crippen LogP contribution in [0.4, 0.5) is 4.39 Å². The largest absolute Gasteiger partial charge is 0.497 e. The van der Waals surface area contributed by atoms with E-state index in [1.807, 2.05) is 0 Å². The Morgan fingerprint density at radius 1 is 1.10 bits per heavy atom. The van der Waals surface area contributed by atoms with E-state index in [1.165, 1.54) is 6.07 Å². The molecule has 20 heavy (non-hydrogen) atoms. The van der Waals surface area contributed by atoms with E-state index < -0.39 is 5.82 Å². The molecule has 0 saturated heterocycles. The second-order valence-corrected chi connectivity index (χ2v) is 4.84. The number of alkyl halides is 1. The Bertz CT molecular complexity index is 602. The van der Waals surface area contributed by atoms with Gasteiger partial charge in [0, 0.05) is 16.1 Å². The molecule has 0 heterocycles. The molecule has 5 heteroatoms. The minimum Gasteiger partial charge on any atom is -0.497 e. The second kappa shape index (κ2) is 6.82. The lowest BCUT2D eigenvalue weighted by Crippen LogP contribution is -2.00. The van der Waals surface area contributed by atoms with Crippen molar-refractivity contribution in [3.05, 3.63) is 58.4 Å². The fraction of sp³-hybridized carbons (Fsp3) is 0.200. The first-order chi connectivity index (χ1) is 9.63. The summed E-state index contributed by atoms with van der Waals surface area (Å²) >= 11 is 11.6. The summed E-state index contributed by atoms with van der Waals surface area (Å²) in [6.45, 7) is 0.110. The summed E-state index contributed by atoms with van der Waals surface area (Å²) in [6.07, 6.45) is 0. The van der Waals surface area contributed by atoms with Crippen LogP contribution >= 0.6 is 23.2 Å². The summed E-state index contributed by atoms with van der Waals surface area (Å²) in [6, 6.07) is 9.80. The summed E-state index contributed by atoms with van der Waals surface area (Å²) in [4.78, 5) is 0. The summed E-state index contributed by atoms with van der Waals surface area (Å²) in [7, 11) is 1.58. The van der Waals surface area contributed by atoms with Crippen molar-refractivity contribution in [1.82, 2.24) is 0 Å². The van der Waals surface area contributed by atoms with Crippen LogP contribution in [-0.4, -0.2) is 7.11 Å². The molecule has 0 N–H and O–H groups in total. The molecule has 0 aliphatic carbocycles. The number of hydrogen-bond acceptors (Lipinski definition) is 2. The van der Waals surface area contributed by atoms with Gasteiger partial charge in [-0.1, -0.05) is 17.7 Å². The standard InChI is InChI=1S/C15H13Cl2FO2/c1-19-13-4-5-15(11(6-13)8-16)20-9-10-2-3-12(17)7-14(10)18/h2-7H,8-9H2,1H3. The van der Waals surface area contributed by atoms with Crippen LogP contribution in [0.25, 0.3) is 0 Å². The van der Waals surface area contributed by atoms with E-state index in [-0.39, 0.29) is 12.5 Å². The zero-order valence-corrected chi connectivity index (χ0v) is 12.3. The normalized spacial score (nSPS) is 10.4. The average molecular weight is 315 g/mol. The molecule has 0 radical (unpaired) electrons. The van der Waals surface area contributed by atoms with Crippen molar-refractivity contribution >= 4 is 23.2 Å². The lowest BCUT2D eigenvalue weighted by atomic mass is 10.2. The molecule has 0 aromatic heterocycles. The van der Waals surface area contributed by atoms with Gasteiger partial charge in [-0.15, -0.1) is 11.6 Å². The van der Waals surface area contributed by atoms with Gasteiger partial charge in [-0.25, -0.2) is 4.39 Å². The van der Waals surface area contributed by atoms with E-state index in [4.69, 9.17) is 32.7 Å². The van der Waals surface area contributed by atoms with Gasteiger partial charge in [0.25, 0.3) is 0 Å². The van der Waals surface area contributed by atoms with Crippen LogP contribution in [0.15, 0.2) is 36.4 Å². The third-order valence-electron chi connectivity index (χ3n) is 2.81. The minimum absolute atomic E-state index is 0.110. The molecule has 0 bridgehead atoms. The Balaban J connectivity index is 2.14. The van der Waals surface area contributed by atoms with Gasteiger partial charge in [0.05, 0.1) is 13.0 Å². The molecular formula is C15H13Cl2FO2. The van der Waals surface area contributed by atoms with Crippen molar-refractivity contribution in [2.24, 2.45) is 0 Å². The Morgan fingerprint density at radius 3 is 2.55 bits per heavy atom. The topological polar surface area (TPSA) is 18.5 Å². The van der Waals surface area contributed by atoms with Crippen molar-refractivity contribution < 1.29 is 13.9 Å². The fourth-order valence-electron chi connectivity index (χ4n) is 1.72. The Labute approximate surface area is 127 Å². The van der Waals surface area contributed by atoms with Gasteiger partial charge < -0.3 is 9.47 Å². The third-order valence-corrected chi connectivity index (χ3v) is 3.33. The lowest BCUT2D eigenvalue weighted by molar-refractivity contribution is 0.297. The molecule has 0 unspecified atom stereocenters. The van der Waals surface area contributed by atoms with Crippen molar-refractivity contribution in [2.75, 3.05) is 7.11 Å². The zero-order chi connectivity index (χ0) is 14.5. The van der Waals surface area contributed by atoms with Gasteiger partial charge in [0.15, 0.2) is 0 Å². The van der Waals surface area contributed by atoms with Gasteiger partial charge in [-0.2, -0.15) is 0 Å². The Kier molecular flexibility index (Phi) is 5.10. The molecule has 0 aliphatic heterocycles. The van der Waals surface area contributed by atoms with E-state index in [0.29, 0.717) is 22.1 Å². The highest BCUT2D eigenvalue weighted by molar-refractivity contribution is 6.30. The maximum atomic E-state index is 13.6. The summed E-state index contributed by atoms with van der Waals surface area (Å²) < 4.78 is 24.4. The number of hydrogen-bond donors (Lipinski definition) is 0. The van der Waals surface area contributed by atoms with E-state index >= 15 is 0 Å². The molecule has 106 valence electrons. The van der Waals surface area contributed by atoms with Crippen molar-refractivity contribution in [3.8, 4) is 11.5 Å². The van der Waals surface area contributed by atoms with Crippen LogP contribution in [0, 0.1) is 5.82 Å². The first-order valence-corrected chi connectivity index (χ1v) is 6.85. The predicted octanol–water partition coefficient (Wildman–Crippen LogP) is 4.81. The van der Waals surface area contributed by atoms with Crippen LogP contribution < -0.4 is 9.47 Å². The highest BCUT2D eigenvalue weighted by Crippen LogP contribution is 2.27. The molecule has 0 saturated carbocycles. The van der Waals surface area contributed by atoms with Gasteiger partial charge in [0.2, 0.25) is 0 Å².